The van der Waals surface area contributed by atoms with E-state index in [-0.39, 0.29) is 49.4 Å². The first-order valence-corrected chi connectivity index (χ1v) is 11.5. The summed E-state index contributed by atoms with van der Waals surface area (Å²) in [6, 6.07) is 10.1. The van der Waals surface area contributed by atoms with Crippen molar-refractivity contribution in [2.24, 2.45) is 0 Å². The number of aliphatic hydroxyl groups is 1. The molecule has 0 unspecified atom stereocenters. The van der Waals surface area contributed by atoms with Gasteiger partial charge in [0.25, 0.3) is 0 Å². The standard InChI is InChI=1S/C20H24ClN3O4S.ClH/c21-17-3-1-16-12-18(4-2-15(16)11-17)29(27,28)24-10-9-23(19(25)13-24)14-20(26)5-7-22-8-6-20;/h1-4,11-12,22,26H,5-10,13-14H2;1H. The van der Waals surface area contributed by atoms with Crippen LogP contribution in [0.2, 0.25) is 5.02 Å². The molecule has 0 radical (unpaired) electrons. The van der Waals surface area contributed by atoms with Gasteiger partial charge in [0.2, 0.25) is 15.9 Å². The molecule has 164 valence electrons. The van der Waals surface area contributed by atoms with Gasteiger partial charge in [-0.2, -0.15) is 4.31 Å². The molecule has 2 heterocycles. The van der Waals surface area contributed by atoms with Gasteiger partial charge in [0.05, 0.1) is 17.0 Å². The van der Waals surface area contributed by atoms with Crippen LogP contribution in [-0.2, 0) is 14.8 Å². The van der Waals surface area contributed by atoms with Crippen molar-refractivity contribution in [2.45, 2.75) is 23.3 Å². The van der Waals surface area contributed by atoms with Gasteiger partial charge in [0.15, 0.2) is 0 Å². The van der Waals surface area contributed by atoms with Crippen LogP contribution in [0, 0.1) is 0 Å². The molecule has 0 spiro atoms. The summed E-state index contributed by atoms with van der Waals surface area (Å²) < 4.78 is 27.4. The summed E-state index contributed by atoms with van der Waals surface area (Å²) >= 11 is 5.99. The maximum absolute atomic E-state index is 13.1. The highest BCUT2D eigenvalue weighted by Gasteiger charge is 2.37. The molecule has 2 fully saturated rings. The van der Waals surface area contributed by atoms with Crippen LogP contribution < -0.4 is 5.32 Å². The smallest absolute Gasteiger partial charge is 0.243 e. The molecule has 2 aromatic carbocycles. The van der Waals surface area contributed by atoms with Crippen LogP contribution in [-0.4, -0.2) is 73.5 Å². The fourth-order valence-corrected chi connectivity index (χ4v) is 5.57. The molecule has 2 saturated heterocycles. The Morgan fingerprint density at radius 2 is 1.73 bits per heavy atom. The average Bonchev–Trinajstić information content (AvgIpc) is 2.69. The van der Waals surface area contributed by atoms with Gasteiger partial charge in [-0.15, -0.1) is 12.4 Å². The molecule has 0 atom stereocenters. The minimum Gasteiger partial charge on any atom is -0.388 e. The molecule has 2 aliphatic rings. The van der Waals surface area contributed by atoms with Crippen LogP contribution in [0.3, 0.4) is 0 Å². The molecule has 1 amide bonds. The number of nitrogens with zero attached hydrogens (tertiary/aromatic N) is 2. The lowest BCUT2D eigenvalue weighted by Crippen LogP contribution is -2.57. The highest BCUT2D eigenvalue weighted by molar-refractivity contribution is 7.89. The number of sulfonamides is 1. The van der Waals surface area contributed by atoms with E-state index in [2.05, 4.69) is 5.32 Å². The SMILES string of the molecule is Cl.O=C1CN(S(=O)(=O)c2ccc3cc(Cl)ccc3c2)CCN1CC1(O)CCNCC1. The molecule has 4 rings (SSSR count). The van der Waals surface area contributed by atoms with Crippen molar-refractivity contribution in [2.75, 3.05) is 39.3 Å². The fraction of sp³-hybridized carbons (Fsp3) is 0.450. The van der Waals surface area contributed by atoms with Gasteiger partial charge < -0.3 is 15.3 Å². The quantitative estimate of drug-likeness (QED) is 0.706. The number of benzene rings is 2. The number of carbonyl (C=O) groups is 1. The maximum Gasteiger partial charge on any atom is 0.243 e. The number of nitrogens with one attached hydrogen (secondary N) is 1. The van der Waals surface area contributed by atoms with Gasteiger partial charge in [-0.05, 0) is 61.0 Å². The number of carbonyl (C=O) groups excluding carboxylic acids is 1. The molecule has 2 aromatic rings. The Hall–Kier alpha value is -1.42. The predicted molar refractivity (Wildman–Crippen MR) is 119 cm³/mol. The van der Waals surface area contributed by atoms with E-state index in [1.807, 2.05) is 0 Å². The predicted octanol–water partition coefficient (Wildman–Crippen LogP) is 1.86. The highest BCUT2D eigenvalue weighted by atomic mass is 35.5. The zero-order chi connectivity index (χ0) is 20.6. The Balaban J connectivity index is 0.00000256. The minimum absolute atomic E-state index is 0. The largest absolute Gasteiger partial charge is 0.388 e. The van der Waals surface area contributed by atoms with E-state index in [0.717, 1.165) is 10.8 Å². The van der Waals surface area contributed by atoms with Crippen molar-refractivity contribution < 1.29 is 18.3 Å². The number of piperazine rings is 1. The van der Waals surface area contributed by atoms with E-state index in [4.69, 9.17) is 11.6 Å². The lowest BCUT2D eigenvalue weighted by atomic mass is 9.91. The maximum atomic E-state index is 13.1. The van der Waals surface area contributed by atoms with E-state index >= 15 is 0 Å². The Bertz CT molecular complexity index is 1040. The van der Waals surface area contributed by atoms with Crippen LogP contribution in [0.5, 0.6) is 0 Å². The first kappa shape index (κ1) is 23.2. The number of amides is 1. The fourth-order valence-electron chi connectivity index (χ4n) is 3.97. The molecule has 0 saturated carbocycles. The molecule has 0 bridgehead atoms. The molecule has 0 aliphatic carbocycles. The highest BCUT2D eigenvalue weighted by Crippen LogP contribution is 2.26. The summed E-state index contributed by atoms with van der Waals surface area (Å²) in [4.78, 5) is 14.4. The van der Waals surface area contributed by atoms with E-state index in [1.165, 1.54) is 4.31 Å². The Kier molecular flexibility index (Phi) is 6.96. The van der Waals surface area contributed by atoms with Crippen molar-refractivity contribution in [3.8, 4) is 0 Å². The molecule has 30 heavy (non-hydrogen) atoms. The molecular weight excluding hydrogens is 449 g/mol. The Morgan fingerprint density at radius 1 is 1.07 bits per heavy atom. The molecule has 10 heteroatoms. The molecular formula is C20H25Cl2N3O4S. The molecule has 2 N–H and O–H groups in total. The second-order valence-corrected chi connectivity index (χ2v) is 10.2. The first-order chi connectivity index (χ1) is 13.8. The number of hydrogen-bond donors (Lipinski definition) is 2. The number of halogens is 2. The average molecular weight is 474 g/mol. The van der Waals surface area contributed by atoms with Gasteiger partial charge in [-0.1, -0.05) is 23.7 Å². The summed E-state index contributed by atoms with van der Waals surface area (Å²) in [7, 11) is -3.79. The van der Waals surface area contributed by atoms with Gasteiger partial charge in [0.1, 0.15) is 0 Å². The summed E-state index contributed by atoms with van der Waals surface area (Å²) in [6.45, 7) is 1.95. The third-order valence-electron chi connectivity index (χ3n) is 5.71. The number of hydrogen-bond acceptors (Lipinski definition) is 5. The van der Waals surface area contributed by atoms with Crippen LogP contribution >= 0.6 is 24.0 Å². The zero-order valence-electron chi connectivity index (χ0n) is 16.4. The van der Waals surface area contributed by atoms with E-state index in [0.29, 0.717) is 31.0 Å². The number of fused-ring (bicyclic) bond motifs is 1. The lowest BCUT2D eigenvalue weighted by molar-refractivity contribution is -0.139. The van der Waals surface area contributed by atoms with Crippen LogP contribution in [0.4, 0.5) is 0 Å². The zero-order valence-corrected chi connectivity index (χ0v) is 18.8. The normalized spacial score (nSPS) is 20.2. The van der Waals surface area contributed by atoms with Crippen LogP contribution in [0.1, 0.15) is 12.8 Å². The molecule has 7 nitrogen and oxygen atoms in total. The number of rotatable bonds is 4. The Labute approximate surface area is 187 Å². The number of β-amino-alcohol motifs (C(OH)–C–C–N with tert-alkyl or cyclic N) is 1. The van der Waals surface area contributed by atoms with Crippen molar-refractivity contribution >= 4 is 50.7 Å². The summed E-state index contributed by atoms with van der Waals surface area (Å²) in [6.07, 6.45) is 1.17. The lowest BCUT2D eigenvalue weighted by Gasteiger charge is -2.40. The third kappa shape index (κ3) is 4.74. The van der Waals surface area contributed by atoms with Crippen LogP contribution in [0.15, 0.2) is 41.3 Å². The molecule has 2 aliphatic heterocycles. The van der Waals surface area contributed by atoms with Crippen molar-refractivity contribution in [3.05, 3.63) is 41.4 Å². The van der Waals surface area contributed by atoms with Crippen molar-refractivity contribution in [1.82, 2.24) is 14.5 Å². The minimum atomic E-state index is -3.79. The second-order valence-electron chi connectivity index (χ2n) is 7.78. The van der Waals surface area contributed by atoms with Crippen molar-refractivity contribution in [3.63, 3.8) is 0 Å². The van der Waals surface area contributed by atoms with Gasteiger partial charge in [-0.25, -0.2) is 8.42 Å². The summed E-state index contributed by atoms with van der Waals surface area (Å²) in [5, 5.41) is 16.1. The van der Waals surface area contributed by atoms with Gasteiger partial charge in [0, 0.05) is 24.7 Å². The van der Waals surface area contributed by atoms with E-state index in [9.17, 15) is 18.3 Å². The van der Waals surface area contributed by atoms with Crippen molar-refractivity contribution in [1.29, 1.82) is 0 Å². The Morgan fingerprint density at radius 3 is 2.43 bits per heavy atom. The van der Waals surface area contributed by atoms with Gasteiger partial charge >= 0.3 is 0 Å². The van der Waals surface area contributed by atoms with Crippen LogP contribution in [0.25, 0.3) is 10.8 Å². The summed E-state index contributed by atoms with van der Waals surface area (Å²) in [5.41, 5.74) is -0.901. The monoisotopic (exact) mass is 473 g/mol. The van der Waals surface area contributed by atoms with E-state index in [1.54, 1.807) is 41.3 Å². The topological polar surface area (TPSA) is 90.0 Å². The van der Waals surface area contributed by atoms with E-state index < -0.39 is 15.6 Å². The summed E-state index contributed by atoms with van der Waals surface area (Å²) in [5.74, 6) is -0.278. The molecule has 0 aromatic heterocycles. The number of piperidine rings is 1. The first-order valence-electron chi connectivity index (χ1n) is 9.67. The van der Waals surface area contributed by atoms with Gasteiger partial charge in [-0.3, -0.25) is 4.79 Å². The third-order valence-corrected chi connectivity index (χ3v) is 7.79. The second kappa shape index (κ2) is 8.98.